The molecule has 0 aliphatic heterocycles. The molecule has 2 nitrogen and oxygen atoms in total. The number of aryl methyl sites for hydroxylation is 2. The van der Waals surface area contributed by atoms with Gasteiger partial charge in [-0.25, -0.2) is 4.98 Å². The lowest BCUT2D eigenvalue weighted by molar-refractivity contribution is 0.292. The molecule has 1 saturated carbocycles. The highest BCUT2D eigenvalue weighted by molar-refractivity contribution is 5.74. The van der Waals surface area contributed by atoms with Crippen molar-refractivity contribution in [1.29, 1.82) is 0 Å². The summed E-state index contributed by atoms with van der Waals surface area (Å²) in [5.74, 6) is 3.21. The fourth-order valence-electron chi connectivity index (χ4n) is 5.17. The number of hydrogen-bond acceptors (Lipinski definition) is 2. The van der Waals surface area contributed by atoms with Crippen molar-refractivity contribution in [3.05, 3.63) is 82.0 Å². The Balaban J connectivity index is 1.38. The fourth-order valence-corrected chi connectivity index (χ4v) is 5.17. The zero-order chi connectivity index (χ0) is 19.4. The molecule has 1 fully saturated rings. The molecule has 0 N–H and O–H groups in total. The van der Waals surface area contributed by atoms with Gasteiger partial charge in [0.25, 0.3) is 0 Å². The smallest absolute Gasteiger partial charge is 0.213 e. The van der Waals surface area contributed by atoms with Crippen molar-refractivity contribution in [3.8, 4) is 17.0 Å². The van der Waals surface area contributed by atoms with E-state index in [0.717, 1.165) is 23.6 Å². The Morgan fingerprint density at radius 3 is 2.57 bits per heavy atom. The molecule has 28 heavy (non-hydrogen) atoms. The summed E-state index contributed by atoms with van der Waals surface area (Å²) in [6.45, 7) is 9.48. The van der Waals surface area contributed by atoms with Crippen LogP contribution in [-0.4, -0.2) is 4.98 Å². The van der Waals surface area contributed by atoms with E-state index in [2.05, 4.69) is 81.3 Å². The van der Waals surface area contributed by atoms with Gasteiger partial charge in [0.15, 0.2) is 0 Å². The predicted octanol–water partition coefficient (Wildman–Crippen LogP) is 6.16. The average Bonchev–Trinajstić information content (AvgIpc) is 3.13. The Kier molecular flexibility index (Phi) is 4.04. The van der Waals surface area contributed by atoms with E-state index >= 15 is 0 Å². The van der Waals surface area contributed by atoms with E-state index in [1.807, 2.05) is 0 Å². The van der Waals surface area contributed by atoms with Crippen LogP contribution in [0, 0.1) is 32.6 Å². The Bertz CT molecular complexity index is 1050. The standard InChI is InChI=1S/C26H27NO/c1-15-7-5-8-16(2)25(15)21-10-6-9-19(17(21)3)14-28-24-12-20-11-22-18(4)26(22)23(20)13-27-24/h5-10,12-13,18,22,26H,11,14H2,1-4H3/t18-,22-,26+/m0/s1. The third-order valence-electron chi connectivity index (χ3n) is 6.95. The molecule has 3 aromatic rings. The van der Waals surface area contributed by atoms with Crippen LogP contribution in [0.5, 0.6) is 5.88 Å². The van der Waals surface area contributed by atoms with E-state index in [1.165, 1.54) is 50.9 Å². The Morgan fingerprint density at radius 1 is 1.04 bits per heavy atom. The predicted molar refractivity (Wildman–Crippen MR) is 114 cm³/mol. The first-order valence-electron chi connectivity index (χ1n) is 10.3. The van der Waals surface area contributed by atoms with E-state index in [9.17, 15) is 0 Å². The average molecular weight is 370 g/mol. The van der Waals surface area contributed by atoms with Crippen LogP contribution >= 0.6 is 0 Å². The van der Waals surface area contributed by atoms with Crippen LogP contribution in [0.2, 0.25) is 0 Å². The van der Waals surface area contributed by atoms with Crippen molar-refractivity contribution >= 4 is 0 Å². The molecule has 1 aromatic heterocycles. The molecule has 0 spiro atoms. The summed E-state index contributed by atoms with van der Waals surface area (Å²) in [6, 6.07) is 15.2. The van der Waals surface area contributed by atoms with Crippen molar-refractivity contribution in [1.82, 2.24) is 4.98 Å². The minimum absolute atomic E-state index is 0.555. The summed E-state index contributed by atoms with van der Waals surface area (Å²) in [7, 11) is 0. The van der Waals surface area contributed by atoms with Gasteiger partial charge in [-0.3, -0.25) is 0 Å². The van der Waals surface area contributed by atoms with Gasteiger partial charge < -0.3 is 4.74 Å². The van der Waals surface area contributed by atoms with Crippen LogP contribution in [0.4, 0.5) is 0 Å². The van der Waals surface area contributed by atoms with Gasteiger partial charge in [-0.15, -0.1) is 0 Å². The molecule has 2 aromatic carbocycles. The molecule has 0 amide bonds. The summed E-state index contributed by atoms with van der Waals surface area (Å²) in [5.41, 5.74) is 10.7. The quantitative estimate of drug-likeness (QED) is 0.549. The third-order valence-corrected chi connectivity index (χ3v) is 6.95. The molecule has 2 aliphatic rings. The highest BCUT2D eigenvalue weighted by Crippen LogP contribution is 2.61. The van der Waals surface area contributed by atoms with Crippen molar-refractivity contribution in [3.63, 3.8) is 0 Å². The summed E-state index contributed by atoms with van der Waals surface area (Å²) < 4.78 is 6.12. The summed E-state index contributed by atoms with van der Waals surface area (Å²) in [6.07, 6.45) is 3.25. The second-order valence-electron chi connectivity index (χ2n) is 8.62. The van der Waals surface area contributed by atoms with Gasteiger partial charge in [0.05, 0.1) is 0 Å². The van der Waals surface area contributed by atoms with E-state index in [1.54, 1.807) is 0 Å². The lowest BCUT2D eigenvalue weighted by Gasteiger charge is -2.16. The zero-order valence-corrected chi connectivity index (χ0v) is 17.1. The normalized spacial score (nSPS) is 21.9. The van der Waals surface area contributed by atoms with Gasteiger partial charge in [0, 0.05) is 12.3 Å². The maximum Gasteiger partial charge on any atom is 0.213 e. The van der Waals surface area contributed by atoms with E-state index in [0.29, 0.717) is 6.61 Å². The third kappa shape index (κ3) is 2.74. The molecule has 0 radical (unpaired) electrons. The Hall–Kier alpha value is -2.61. The van der Waals surface area contributed by atoms with Crippen molar-refractivity contribution in [2.24, 2.45) is 11.8 Å². The summed E-state index contributed by atoms with van der Waals surface area (Å²) >= 11 is 0. The van der Waals surface area contributed by atoms with Crippen molar-refractivity contribution in [2.75, 3.05) is 0 Å². The van der Waals surface area contributed by atoms with Gasteiger partial charge in [-0.05, 0) is 89.5 Å². The Labute approximate surface area is 167 Å². The highest BCUT2D eigenvalue weighted by atomic mass is 16.5. The molecule has 0 unspecified atom stereocenters. The first-order chi connectivity index (χ1) is 13.5. The maximum absolute atomic E-state index is 6.12. The molecular formula is C26H27NO. The van der Waals surface area contributed by atoms with E-state index in [4.69, 9.17) is 4.74 Å². The molecule has 2 aliphatic carbocycles. The van der Waals surface area contributed by atoms with E-state index in [-0.39, 0.29) is 0 Å². The molecule has 0 bridgehead atoms. The van der Waals surface area contributed by atoms with Crippen LogP contribution in [-0.2, 0) is 13.0 Å². The van der Waals surface area contributed by atoms with Gasteiger partial charge in [0.2, 0.25) is 5.88 Å². The summed E-state index contributed by atoms with van der Waals surface area (Å²) in [4.78, 5) is 4.59. The number of nitrogens with zero attached hydrogens (tertiary/aromatic N) is 1. The largest absolute Gasteiger partial charge is 0.473 e. The fraction of sp³-hybridized carbons (Fsp3) is 0.346. The lowest BCUT2D eigenvalue weighted by Crippen LogP contribution is -2.02. The lowest BCUT2D eigenvalue weighted by atomic mass is 9.91. The molecule has 3 atom stereocenters. The number of benzene rings is 2. The van der Waals surface area contributed by atoms with Crippen molar-refractivity contribution in [2.45, 2.75) is 46.6 Å². The number of fused-ring (bicyclic) bond motifs is 3. The maximum atomic E-state index is 6.12. The highest BCUT2D eigenvalue weighted by Gasteiger charge is 2.52. The first-order valence-corrected chi connectivity index (χ1v) is 10.3. The van der Waals surface area contributed by atoms with Crippen LogP contribution in [0.25, 0.3) is 11.1 Å². The van der Waals surface area contributed by atoms with Crippen LogP contribution < -0.4 is 4.74 Å². The van der Waals surface area contributed by atoms with E-state index < -0.39 is 0 Å². The zero-order valence-electron chi connectivity index (χ0n) is 17.1. The Morgan fingerprint density at radius 2 is 1.79 bits per heavy atom. The van der Waals surface area contributed by atoms with Gasteiger partial charge >= 0.3 is 0 Å². The van der Waals surface area contributed by atoms with Gasteiger partial charge in [0.1, 0.15) is 6.61 Å². The van der Waals surface area contributed by atoms with Crippen LogP contribution in [0.15, 0.2) is 48.7 Å². The summed E-state index contributed by atoms with van der Waals surface area (Å²) in [5, 5.41) is 0. The monoisotopic (exact) mass is 369 g/mol. The molecule has 0 saturated heterocycles. The van der Waals surface area contributed by atoms with Gasteiger partial charge in [-0.1, -0.05) is 43.3 Å². The van der Waals surface area contributed by atoms with Crippen LogP contribution in [0.3, 0.4) is 0 Å². The SMILES string of the molecule is Cc1cccc(C)c1-c1cccc(COc2cc3c(cn2)[C@@H]2[C@@H](C)[C@@H]2C3)c1C. The first kappa shape index (κ1) is 17.5. The molecule has 142 valence electrons. The second kappa shape index (κ2) is 6.48. The molecule has 1 heterocycles. The van der Waals surface area contributed by atoms with Crippen molar-refractivity contribution < 1.29 is 4.74 Å². The van der Waals surface area contributed by atoms with Gasteiger partial charge in [-0.2, -0.15) is 0 Å². The number of aromatic nitrogens is 1. The molecule has 2 heteroatoms. The number of hydrogen-bond donors (Lipinski definition) is 0. The number of pyridine rings is 1. The second-order valence-corrected chi connectivity index (χ2v) is 8.62. The van der Waals surface area contributed by atoms with Crippen LogP contribution in [0.1, 0.15) is 46.2 Å². The number of rotatable bonds is 4. The molecular weight excluding hydrogens is 342 g/mol. The topological polar surface area (TPSA) is 22.1 Å². The number of ether oxygens (including phenoxy) is 1. The minimum atomic E-state index is 0.555. The minimum Gasteiger partial charge on any atom is -0.473 e. The molecule has 5 rings (SSSR count).